The Hall–Kier alpha value is -1.88. The summed E-state index contributed by atoms with van der Waals surface area (Å²) in [5.74, 6) is 0.459. The van der Waals surface area contributed by atoms with Crippen LogP contribution < -0.4 is 0 Å². The summed E-state index contributed by atoms with van der Waals surface area (Å²) in [7, 11) is 1.90. The highest BCUT2D eigenvalue weighted by Gasteiger charge is 2.17. The summed E-state index contributed by atoms with van der Waals surface area (Å²) >= 11 is 6.23. The molecule has 0 aliphatic rings. The van der Waals surface area contributed by atoms with Crippen LogP contribution in [0.5, 0.6) is 0 Å². The highest BCUT2D eigenvalue weighted by Crippen LogP contribution is 2.26. The number of aryl methyl sites for hydroxylation is 1. The number of halogens is 2. The third kappa shape index (κ3) is 2.42. The van der Waals surface area contributed by atoms with Gasteiger partial charge in [-0.25, -0.2) is 9.37 Å². The van der Waals surface area contributed by atoms with Gasteiger partial charge in [0.15, 0.2) is 0 Å². The van der Waals surface area contributed by atoms with E-state index in [4.69, 9.17) is 11.6 Å². The summed E-state index contributed by atoms with van der Waals surface area (Å²) < 4.78 is 17.3. The number of fused-ring (bicyclic) bond motifs is 1. The van der Waals surface area contributed by atoms with Crippen molar-refractivity contribution < 1.29 is 4.39 Å². The second kappa shape index (κ2) is 5.15. The number of hydrogen-bond acceptors (Lipinski definition) is 2. The molecule has 0 saturated heterocycles. The van der Waals surface area contributed by atoms with Crippen LogP contribution in [0.4, 0.5) is 4.39 Å². The fraction of sp³-hybridized carbons (Fsp3) is 0.333. The predicted octanol–water partition coefficient (Wildman–Crippen LogP) is 3.57. The van der Waals surface area contributed by atoms with Gasteiger partial charge in [0.05, 0.1) is 29.2 Å². The Balaban J connectivity index is 2.17. The van der Waals surface area contributed by atoms with Crippen molar-refractivity contribution in [3.8, 4) is 0 Å². The quantitative estimate of drug-likeness (QED) is 0.694. The fourth-order valence-electron chi connectivity index (χ4n) is 2.45. The van der Waals surface area contributed by atoms with Crippen LogP contribution in [-0.4, -0.2) is 19.3 Å². The number of aromatic nitrogens is 4. The summed E-state index contributed by atoms with van der Waals surface area (Å²) in [4.78, 5) is 4.52. The van der Waals surface area contributed by atoms with Gasteiger partial charge in [0.1, 0.15) is 11.6 Å². The molecule has 1 aromatic carbocycles. The summed E-state index contributed by atoms with van der Waals surface area (Å²) in [6.45, 7) is 4.45. The first kappa shape index (κ1) is 14.1. The molecule has 1 atom stereocenters. The number of benzene rings is 1. The largest absolute Gasteiger partial charge is 0.322 e. The second-order valence-corrected chi connectivity index (χ2v) is 5.84. The number of nitrogens with zero attached hydrogens (tertiary/aromatic N) is 4. The maximum atomic E-state index is 13.6. The van der Waals surface area contributed by atoms with Crippen molar-refractivity contribution >= 4 is 22.6 Å². The Bertz CT molecular complexity index is 803. The zero-order chi connectivity index (χ0) is 15.1. The SMILES string of the molecule is Cc1c(Cn2c(C(C)Cl)nc3ccc(F)cc32)cnn1C. The lowest BCUT2D eigenvalue weighted by molar-refractivity contribution is 0.628. The first-order chi connectivity index (χ1) is 9.97. The molecule has 0 N–H and O–H groups in total. The van der Waals surface area contributed by atoms with Crippen LogP contribution in [0.1, 0.15) is 29.4 Å². The molecule has 2 aromatic heterocycles. The van der Waals surface area contributed by atoms with Gasteiger partial charge >= 0.3 is 0 Å². The lowest BCUT2D eigenvalue weighted by atomic mass is 10.2. The smallest absolute Gasteiger partial charge is 0.128 e. The Kier molecular flexibility index (Phi) is 3.45. The van der Waals surface area contributed by atoms with Crippen molar-refractivity contribution in [3.63, 3.8) is 0 Å². The second-order valence-electron chi connectivity index (χ2n) is 5.18. The molecule has 4 nitrogen and oxygen atoms in total. The molecule has 0 aliphatic heterocycles. The Morgan fingerprint density at radius 1 is 1.38 bits per heavy atom. The highest BCUT2D eigenvalue weighted by atomic mass is 35.5. The number of hydrogen-bond donors (Lipinski definition) is 0. The van der Waals surface area contributed by atoms with E-state index >= 15 is 0 Å². The monoisotopic (exact) mass is 306 g/mol. The van der Waals surface area contributed by atoms with Crippen LogP contribution in [0, 0.1) is 12.7 Å². The molecule has 0 saturated carbocycles. The van der Waals surface area contributed by atoms with Gasteiger partial charge in [-0.2, -0.15) is 5.10 Å². The molecule has 110 valence electrons. The van der Waals surface area contributed by atoms with E-state index in [9.17, 15) is 4.39 Å². The van der Waals surface area contributed by atoms with Gasteiger partial charge in [-0.1, -0.05) is 0 Å². The molecule has 0 radical (unpaired) electrons. The number of imidazole rings is 1. The molecule has 3 rings (SSSR count). The fourth-order valence-corrected chi connectivity index (χ4v) is 2.62. The normalized spacial score (nSPS) is 13.0. The van der Waals surface area contributed by atoms with E-state index in [2.05, 4.69) is 10.1 Å². The van der Waals surface area contributed by atoms with Gasteiger partial charge in [-0.3, -0.25) is 4.68 Å². The number of alkyl halides is 1. The highest BCUT2D eigenvalue weighted by molar-refractivity contribution is 6.20. The van der Waals surface area contributed by atoms with Crippen LogP contribution in [-0.2, 0) is 13.6 Å². The van der Waals surface area contributed by atoms with Crippen LogP contribution in [0.15, 0.2) is 24.4 Å². The standard InChI is InChI=1S/C15H16ClFN4/c1-9(16)15-19-13-5-4-12(17)6-14(13)21(15)8-11-7-18-20(3)10(11)2/h4-7,9H,8H2,1-3H3. The van der Waals surface area contributed by atoms with Crippen molar-refractivity contribution in [2.45, 2.75) is 25.8 Å². The van der Waals surface area contributed by atoms with Gasteiger partial charge in [-0.05, 0) is 32.0 Å². The van der Waals surface area contributed by atoms with E-state index in [1.54, 1.807) is 6.07 Å². The van der Waals surface area contributed by atoms with Gasteiger partial charge in [0.2, 0.25) is 0 Å². The minimum atomic E-state index is -0.277. The Morgan fingerprint density at radius 2 is 2.14 bits per heavy atom. The summed E-state index contributed by atoms with van der Waals surface area (Å²) in [6.07, 6.45) is 1.82. The summed E-state index contributed by atoms with van der Waals surface area (Å²) in [5.41, 5.74) is 3.64. The van der Waals surface area contributed by atoms with Crippen LogP contribution in [0.3, 0.4) is 0 Å². The molecule has 3 aromatic rings. The average Bonchev–Trinajstić information content (AvgIpc) is 2.94. The van der Waals surface area contributed by atoms with E-state index in [-0.39, 0.29) is 11.2 Å². The summed E-state index contributed by atoms with van der Waals surface area (Å²) in [5, 5.41) is 3.99. The maximum Gasteiger partial charge on any atom is 0.128 e. The van der Waals surface area contributed by atoms with E-state index in [1.165, 1.54) is 12.1 Å². The van der Waals surface area contributed by atoms with Crippen molar-refractivity contribution in [1.29, 1.82) is 0 Å². The molecule has 0 aliphatic carbocycles. The first-order valence-corrected chi connectivity index (χ1v) is 7.18. The predicted molar refractivity (Wildman–Crippen MR) is 81.0 cm³/mol. The maximum absolute atomic E-state index is 13.6. The van der Waals surface area contributed by atoms with Crippen LogP contribution in [0.2, 0.25) is 0 Å². The van der Waals surface area contributed by atoms with E-state index in [1.807, 2.05) is 36.3 Å². The molecular weight excluding hydrogens is 291 g/mol. The lowest BCUT2D eigenvalue weighted by Crippen LogP contribution is -2.07. The first-order valence-electron chi connectivity index (χ1n) is 6.74. The molecule has 1 unspecified atom stereocenters. The van der Waals surface area contributed by atoms with Crippen molar-refractivity contribution in [3.05, 3.63) is 47.3 Å². The molecular formula is C15H16ClFN4. The third-order valence-electron chi connectivity index (χ3n) is 3.76. The van der Waals surface area contributed by atoms with Gasteiger partial charge in [0.25, 0.3) is 0 Å². The van der Waals surface area contributed by atoms with Crippen LogP contribution >= 0.6 is 11.6 Å². The third-order valence-corrected chi connectivity index (χ3v) is 3.96. The topological polar surface area (TPSA) is 35.6 Å². The van der Waals surface area contributed by atoms with Crippen molar-refractivity contribution in [1.82, 2.24) is 19.3 Å². The Labute approximate surface area is 127 Å². The zero-order valence-corrected chi connectivity index (χ0v) is 12.9. The van der Waals surface area contributed by atoms with E-state index < -0.39 is 0 Å². The molecule has 21 heavy (non-hydrogen) atoms. The van der Waals surface area contributed by atoms with E-state index in [0.717, 1.165) is 28.1 Å². The Morgan fingerprint density at radius 3 is 2.76 bits per heavy atom. The molecule has 0 amide bonds. The molecule has 0 bridgehead atoms. The van der Waals surface area contributed by atoms with Crippen LogP contribution in [0.25, 0.3) is 11.0 Å². The van der Waals surface area contributed by atoms with Gasteiger partial charge in [0, 0.05) is 18.3 Å². The average molecular weight is 307 g/mol. The number of rotatable bonds is 3. The minimum Gasteiger partial charge on any atom is -0.322 e. The van der Waals surface area contributed by atoms with Gasteiger partial charge in [-0.15, -0.1) is 11.6 Å². The minimum absolute atomic E-state index is 0.252. The van der Waals surface area contributed by atoms with Crippen molar-refractivity contribution in [2.75, 3.05) is 0 Å². The lowest BCUT2D eigenvalue weighted by Gasteiger charge is -2.10. The molecule has 2 heterocycles. The molecule has 6 heteroatoms. The zero-order valence-electron chi connectivity index (χ0n) is 12.1. The summed E-state index contributed by atoms with van der Waals surface area (Å²) in [6, 6.07) is 4.59. The van der Waals surface area contributed by atoms with E-state index in [0.29, 0.717) is 6.54 Å². The van der Waals surface area contributed by atoms with Gasteiger partial charge < -0.3 is 4.57 Å². The van der Waals surface area contributed by atoms with Crippen molar-refractivity contribution in [2.24, 2.45) is 7.05 Å². The molecule has 0 fully saturated rings. The molecule has 0 spiro atoms.